The smallest absolute Gasteiger partial charge is 0.242 e. The summed E-state index contributed by atoms with van der Waals surface area (Å²) in [6, 6.07) is 7.26. The second-order valence-electron chi connectivity index (χ2n) is 14.4. The lowest BCUT2D eigenvalue weighted by Crippen LogP contribution is -2.47. The van der Waals surface area contributed by atoms with Crippen molar-refractivity contribution >= 4 is 16.6 Å². The van der Waals surface area contributed by atoms with Gasteiger partial charge in [0, 0.05) is 0 Å². The first kappa shape index (κ1) is 27.4. The first-order valence-electron chi connectivity index (χ1n) is 14.9. The normalized spacial score (nSPS) is 32.6. The van der Waals surface area contributed by atoms with E-state index in [1.807, 2.05) is 0 Å². The van der Waals surface area contributed by atoms with E-state index in [-0.39, 0.29) is 0 Å². The molecule has 6 atom stereocenters. The van der Waals surface area contributed by atoms with Crippen LogP contribution in [0.2, 0.25) is 39.3 Å². The van der Waals surface area contributed by atoms with Crippen LogP contribution in [-0.4, -0.2) is 22.7 Å². The molecule has 2 saturated carbocycles. The van der Waals surface area contributed by atoms with Crippen LogP contribution in [0.5, 0.6) is 5.75 Å². The van der Waals surface area contributed by atoms with E-state index in [9.17, 15) is 0 Å². The van der Waals surface area contributed by atoms with Gasteiger partial charge in [-0.1, -0.05) is 52.0 Å². The van der Waals surface area contributed by atoms with Gasteiger partial charge >= 0.3 is 0 Å². The highest BCUT2D eigenvalue weighted by Crippen LogP contribution is 2.63. The van der Waals surface area contributed by atoms with Crippen LogP contribution < -0.4 is 4.43 Å². The minimum Gasteiger partial charge on any atom is -0.544 e. The summed E-state index contributed by atoms with van der Waals surface area (Å²) in [5.41, 5.74) is 3.71. The van der Waals surface area contributed by atoms with Gasteiger partial charge in [-0.15, -0.1) is 0 Å². The van der Waals surface area contributed by atoms with E-state index < -0.39 is 16.6 Å². The largest absolute Gasteiger partial charge is 0.544 e. The monoisotopic (exact) mass is 514 g/mol. The molecule has 4 rings (SSSR count). The predicted molar refractivity (Wildman–Crippen MR) is 156 cm³/mol. The number of benzene rings is 1. The fourth-order valence-corrected chi connectivity index (χ4v) is 10.0. The summed E-state index contributed by atoms with van der Waals surface area (Å²) in [5, 5.41) is 0. The van der Waals surface area contributed by atoms with Crippen molar-refractivity contribution in [1.29, 1.82) is 0 Å². The Morgan fingerprint density at radius 1 is 0.886 bits per heavy atom. The van der Waals surface area contributed by atoms with Crippen molar-refractivity contribution in [2.75, 3.05) is 0 Å². The molecule has 0 aliphatic heterocycles. The van der Waals surface area contributed by atoms with Gasteiger partial charge in [0.05, 0.1) is 6.10 Å². The third kappa shape index (κ3) is 6.29. The molecule has 1 aromatic carbocycles. The number of hydrogen-bond donors (Lipinski definition) is 0. The lowest BCUT2D eigenvalue weighted by Gasteiger charge is -2.52. The van der Waals surface area contributed by atoms with Gasteiger partial charge in [-0.05, 0) is 130 Å². The Morgan fingerprint density at radius 2 is 1.63 bits per heavy atom. The summed E-state index contributed by atoms with van der Waals surface area (Å²) < 4.78 is 13.3. The molecular weight excluding hydrogens is 461 g/mol. The Labute approximate surface area is 219 Å². The van der Waals surface area contributed by atoms with Crippen molar-refractivity contribution in [3.63, 3.8) is 0 Å². The van der Waals surface area contributed by atoms with E-state index in [1.165, 1.54) is 70.6 Å². The molecule has 0 bridgehead atoms. The summed E-state index contributed by atoms with van der Waals surface area (Å²) in [6.07, 6.45) is 15.5. The molecule has 0 spiro atoms. The molecule has 0 amide bonds. The fraction of sp³-hybridized carbons (Fsp3) is 0.806. The van der Waals surface area contributed by atoms with E-state index in [4.69, 9.17) is 8.85 Å². The maximum Gasteiger partial charge on any atom is 0.242 e. The molecule has 0 N–H and O–H groups in total. The minimum atomic E-state index is -1.61. The first-order valence-corrected chi connectivity index (χ1v) is 21.7. The number of hydrogen-bond acceptors (Lipinski definition) is 2. The Kier molecular flexibility index (Phi) is 8.35. The van der Waals surface area contributed by atoms with Crippen LogP contribution in [0.1, 0.15) is 107 Å². The standard InChI is InChI=1S/C31H54O2Si2/c1-9-10-11-12-13-14-23-21-28-26(25-16-15-24(22-27(23)25)32-34(3,4)5)19-20-31(2)29(28)17-18-30(31)33-35(6,7)8/h15-16,22-23,26,28-30H,9-14,17-21H2,1-8H3/t23-,26+,28+,29-,30-,31-/m0/s1. The van der Waals surface area contributed by atoms with E-state index in [0.717, 1.165) is 23.5 Å². The average molecular weight is 515 g/mol. The molecule has 198 valence electrons. The summed E-state index contributed by atoms with van der Waals surface area (Å²) in [4.78, 5) is 0. The molecule has 0 radical (unpaired) electrons. The molecule has 0 unspecified atom stereocenters. The van der Waals surface area contributed by atoms with Gasteiger partial charge in [0.15, 0.2) is 8.32 Å². The molecule has 3 aliphatic rings. The van der Waals surface area contributed by atoms with Gasteiger partial charge < -0.3 is 8.85 Å². The summed E-state index contributed by atoms with van der Waals surface area (Å²) >= 11 is 0. The molecule has 2 nitrogen and oxygen atoms in total. The molecule has 0 heterocycles. The predicted octanol–water partition coefficient (Wildman–Crippen LogP) is 9.88. The maximum atomic E-state index is 6.84. The zero-order valence-corrected chi connectivity index (χ0v) is 26.2. The maximum absolute atomic E-state index is 6.84. The van der Waals surface area contributed by atoms with Gasteiger partial charge in [-0.3, -0.25) is 0 Å². The first-order chi connectivity index (χ1) is 16.4. The number of fused-ring (bicyclic) bond motifs is 5. The van der Waals surface area contributed by atoms with Gasteiger partial charge in [0.1, 0.15) is 5.75 Å². The van der Waals surface area contributed by atoms with Crippen molar-refractivity contribution in [3.05, 3.63) is 29.3 Å². The van der Waals surface area contributed by atoms with Crippen molar-refractivity contribution in [2.45, 2.75) is 142 Å². The molecular formula is C31H54O2Si2. The zero-order chi connectivity index (χ0) is 25.4. The minimum absolute atomic E-state index is 0.380. The lowest BCUT2D eigenvalue weighted by atomic mass is 9.53. The second-order valence-corrected chi connectivity index (χ2v) is 23.2. The van der Waals surface area contributed by atoms with Gasteiger partial charge in [-0.2, -0.15) is 0 Å². The quantitative estimate of drug-likeness (QED) is 0.228. The Balaban J connectivity index is 1.59. The third-order valence-corrected chi connectivity index (χ3v) is 11.2. The van der Waals surface area contributed by atoms with Crippen molar-refractivity contribution in [1.82, 2.24) is 0 Å². The molecule has 3 aliphatic carbocycles. The summed E-state index contributed by atoms with van der Waals surface area (Å²) in [7, 11) is -3.13. The lowest BCUT2D eigenvalue weighted by molar-refractivity contribution is -0.0170. The Bertz CT molecular complexity index is 855. The second kappa shape index (κ2) is 10.7. The molecule has 0 saturated heterocycles. The third-order valence-electron chi connectivity index (χ3n) is 9.38. The molecule has 1 aromatic rings. The van der Waals surface area contributed by atoms with E-state index in [1.54, 1.807) is 11.1 Å². The molecule has 0 aromatic heterocycles. The van der Waals surface area contributed by atoms with Crippen LogP contribution in [0, 0.1) is 17.3 Å². The molecule has 2 fully saturated rings. The van der Waals surface area contributed by atoms with Crippen LogP contribution in [0.4, 0.5) is 0 Å². The van der Waals surface area contributed by atoms with Gasteiger partial charge in [-0.25, -0.2) is 0 Å². The van der Waals surface area contributed by atoms with Gasteiger partial charge in [0.2, 0.25) is 8.32 Å². The Morgan fingerprint density at radius 3 is 2.31 bits per heavy atom. The zero-order valence-electron chi connectivity index (χ0n) is 24.2. The van der Waals surface area contributed by atoms with Gasteiger partial charge in [0.25, 0.3) is 0 Å². The van der Waals surface area contributed by atoms with E-state index >= 15 is 0 Å². The van der Waals surface area contributed by atoms with Crippen molar-refractivity contribution in [3.8, 4) is 5.75 Å². The SMILES string of the molecule is CCCCCCC[C@H]1C[C@@H]2[C@H](CC[C@]3(C)[C@@H](O[Si](C)(C)C)CC[C@@H]23)c2ccc(O[Si](C)(C)C)cc21. The van der Waals surface area contributed by atoms with Crippen LogP contribution in [0.3, 0.4) is 0 Å². The summed E-state index contributed by atoms with van der Waals surface area (Å²) in [6.45, 7) is 18.9. The highest BCUT2D eigenvalue weighted by Gasteiger charge is 2.56. The highest BCUT2D eigenvalue weighted by molar-refractivity contribution is 6.70. The van der Waals surface area contributed by atoms with Crippen molar-refractivity contribution in [2.24, 2.45) is 17.3 Å². The molecule has 35 heavy (non-hydrogen) atoms. The van der Waals surface area contributed by atoms with Crippen LogP contribution in [0.25, 0.3) is 0 Å². The highest BCUT2D eigenvalue weighted by atomic mass is 28.4. The fourth-order valence-electron chi connectivity index (χ4n) is 7.96. The topological polar surface area (TPSA) is 18.5 Å². The van der Waals surface area contributed by atoms with E-state index in [0.29, 0.717) is 17.4 Å². The average Bonchev–Trinajstić information content (AvgIpc) is 3.07. The Hall–Kier alpha value is -0.586. The van der Waals surface area contributed by atoms with Crippen LogP contribution in [0.15, 0.2) is 18.2 Å². The van der Waals surface area contributed by atoms with Crippen LogP contribution >= 0.6 is 0 Å². The number of unbranched alkanes of at least 4 members (excludes halogenated alkanes) is 4. The number of rotatable bonds is 10. The van der Waals surface area contributed by atoms with Crippen LogP contribution in [-0.2, 0) is 4.43 Å². The summed E-state index contributed by atoms with van der Waals surface area (Å²) in [5.74, 6) is 4.24. The van der Waals surface area contributed by atoms with Crippen molar-refractivity contribution < 1.29 is 8.85 Å². The molecule has 4 heteroatoms. The van der Waals surface area contributed by atoms with E-state index in [2.05, 4.69) is 71.3 Å².